The van der Waals surface area contributed by atoms with Crippen LogP contribution in [0.15, 0.2) is 33.5 Å². The van der Waals surface area contributed by atoms with Crippen molar-refractivity contribution >= 4 is 22.4 Å². The highest BCUT2D eigenvalue weighted by molar-refractivity contribution is 5.96. The maximum atomic E-state index is 11.6. The number of anilines is 1. The fourth-order valence-corrected chi connectivity index (χ4v) is 1.86. The van der Waals surface area contributed by atoms with E-state index in [1.54, 1.807) is 18.2 Å². The Balaban J connectivity index is 2.53. The van der Waals surface area contributed by atoms with E-state index in [-0.39, 0.29) is 18.0 Å². The highest BCUT2D eigenvalue weighted by Gasteiger charge is 2.10. The first kappa shape index (κ1) is 13.3. The zero-order valence-electron chi connectivity index (χ0n) is 10.8. The molecule has 0 spiro atoms. The summed E-state index contributed by atoms with van der Waals surface area (Å²) in [6.45, 7) is 1.87. The number of fused-ring (bicyclic) bond motifs is 1. The van der Waals surface area contributed by atoms with Crippen LogP contribution in [0.5, 0.6) is 0 Å². The molecular weight excluding hydrogens is 246 g/mol. The molecule has 2 aromatic rings. The third kappa shape index (κ3) is 2.66. The molecule has 1 heterocycles. The third-order valence-corrected chi connectivity index (χ3v) is 2.98. The molecule has 0 aliphatic carbocycles. The van der Waals surface area contributed by atoms with Crippen LogP contribution in [0.1, 0.15) is 17.3 Å². The molecule has 0 bridgehead atoms. The number of carbonyl (C=O) groups excluding carboxylic acids is 1. The van der Waals surface area contributed by atoms with Crippen LogP contribution in [0.4, 0.5) is 5.69 Å². The maximum absolute atomic E-state index is 11.6. The summed E-state index contributed by atoms with van der Waals surface area (Å²) in [6.07, 6.45) is 0. The summed E-state index contributed by atoms with van der Waals surface area (Å²) >= 11 is 0. The summed E-state index contributed by atoms with van der Waals surface area (Å²) in [7, 11) is 1.83. The number of aliphatic hydroxyl groups is 1. The number of aliphatic hydroxyl groups excluding tert-OH is 1. The van der Waals surface area contributed by atoms with Crippen LogP contribution in [0.2, 0.25) is 0 Å². The Labute approximate surface area is 110 Å². The van der Waals surface area contributed by atoms with Crippen LogP contribution in [0, 0.1) is 0 Å². The molecule has 5 nitrogen and oxygen atoms in total. The van der Waals surface area contributed by atoms with E-state index in [2.05, 4.69) is 0 Å². The Kier molecular flexibility index (Phi) is 3.66. The Bertz CT molecular complexity index is 675. The molecule has 100 valence electrons. The van der Waals surface area contributed by atoms with E-state index in [0.29, 0.717) is 17.5 Å². The second kappa shape index (κ2) is 5.24. The van der Waals surface area contributed by atoms with E-state index in [1.165, 1.54) is 6.92 Å². The lowest BCUT2D eigenvalue weighted by molar-refractivity contribution is 0.101. The summed E-state index contributed by atoms with van der Waals surface area (Å²) in [4.78, 5) is 24.8. The monoisotopic (exact) mass is 261 g/mol. The first-order valence-corrected chi connectivity index (χ1v) is 5.94. The zero-order chi connectivity index (χ0) is 14.0. The minimum absolute atomic E-state index is 0.0434. The Morgan fingerprint density at radius 1 is 1.37 bits per heavy atom. The van der Waals surface area contributed by atoms with Crippen molar-refractivity contribution in [1.82, 2.24) is 0 Å². The van der Waals surface area contributed by atoms with Gasteiger partial charge in [-0.15, -0.1) is 0 Å². The molecule has 1 aromatic carbocycles. The molecule has 0 saturated heterocycles. The maximum Gasteiger partial charge on any atom is 0.347 e. The normalized spacial score (nSPS) is 10.7. The van der Waals surface area contributed by atoms with Gasteiger partial charge in [-0.1, -0.05) is 0 Å². The topological polar surface area (TPSA) is 70.8 Å². The van der Waals surface area contributed by atoms with E-state index >= 15 is 0 Å². The minimum Gasteiger partial charge on any atom is -0.422 e. The van der Waals surface area contributed by atoms with Crippen molar-refractivity contribution < 1.29 is 14.3 Å². The van der Waals surface area contributed by atoms with Gasteiger partial charge in [-0.2, -0.15) is 0 Å². The van der Waals surface area contributed by atoms with Gasteiger partial charge in [0.05, 0.1) is 6.61 Å². The molecular formula is C14H15NO4. The van der Waals surface area contributed by atoms with Crippen LogP contribution in [0.25, 0.3) is 11.0 Å². The van der Waals surface area contributed by atoms with E-state index in [9.17, 15) is 9.59 Å². The SMILES string of the molecule is CC(=O)c1cc2ccc(N(C)CCO)cc2oc1=O. The fraction of sp³-hybridized carbons (Fsp3) is 0.286. The Morgan fingerprint density at radius 3 is 2.74 bits per heavy atom. The lowest BCUT2D eigenvalue weighted by atomic mass is 10.1. The van der Waals surface area contributed by atoms with Crippen molar-refractivity contribution in [3.05, 3.63) is 40.2 Å². The number of carbonyl (C=O) groups is 1. The van der Waals surface area contributed by atoms with Crippen LogP contribution in [-0.4, -0.2) is 31.1 Å². The van der Waals surface area contributed by atoms with Crippen molar-refractivity contribution in [2.24, 2.45) is 0 Å². The van der Waals surface area contributed by atoms with Gasteiger partial charge in [0.25, 0.3) is 0 Å². The van der Waals surface area contributed by atoms with Gasteiger partial charge in [0.1, 0.15) is 11.1 Å². The molecule has 1 N–H and O–H groups in total. The predicted molar refractivity (Wildman–Crippen MR) is 72.8 cm³/mol. The number of Topliss-reactive ketones (excluding diaryl/α,β-unsaturated/α-hetero) is 1. The molecule has 0 fully saturated rings. The van der Waals surface area contributed by atoms with Crippen LogP contribution >= 0.6 is 0 Å². The van der Waals surface area contributed by atoms with Gasteiger partial charge >= 0.3 is 5.63 Å². The summed E-state index contributed by atoms with van der Waals surface area (Å²) in [6, 6.07) is 6.89. The molecule has 0 radical (unpaired) electrons. The number of hydrogen-bond acceptors (Lipinski definition) is 5. The smallest absolute Gasteiger partial charge is 0.347 e. The first-order chi connectivity index (χ1) is 9.02. The minimum atomic E-state index is -0.623. The van der Waals surface area contributed by atoms with E-state index in [4.69, 9.17) is 9.52 Å². The van der Waals surface area contributed by atoms with Crippen LogP contribution in [0.3, 0.4) is 0 Å². The van der Waals surface area contributed by atoms with Crippen LogP contribution < -0.4 is 10.5 Å². The highest BCUT2D eigenvalue weighted by Crippen LogP contribution is 2.21. The number of nitrogens with zero attached hydrogens (tertiary/aromatic N) is 1. The Morgan fingerprint density at radius 2 is 2.11 bits per heavy atom. The zero-order valence-corrected chi connectivity index (χ0v) is 10.8. The van der Waals surface area contributed by atoms with Crippen molar-refractivity contribution in [2.45, 2.75) is 6.92 Å². The lowest BCUT2D eigenvalue weighted by Gasteiger charge is -2.17. The summed E-state index contributed by atoms with van der Waals surface area (Å²) in [5, 5.41) is 9.60. The molecule has 0 aliphatic rings. The number of ketones is 1. The quantitative estimate of drug-likeness (QED) is 0.666. The second-order valence-electron chi connectivity index (χ2n) is 4.37. The molecule has 2 rings (SSSR count). The Hall–Kier alpha value is -2.14. The van der Waals surface area contributed by atoms with Gasteiger partial charge < -0.3 is 14.4 Å². The second-order valence-corrected chi connectivity index (χ2v) is 4.37. The van der Waals surface area contributed by atoms with E-state index in [0.717, 1.165) is 5.69 Å². The summed E-state index contributed by atoms with van der Waals surface area (Å²) < 4.78 is 5.16. The predicted octanol–water partition coefficient (Wildman–Crippen LogP) is 1.42. The standard InChI is InChI=1S/C14H15NO4/c1-9(17)12-7-10-3-4-11(15(2)5-6-16)8-13(10)19-14(12)18/h3-4,7-8,16H,5-6H2,1-2H3. The number of benzene rings is 1. The molecule has 5 heteroatoms. The number of likely N-dealkylation sites (N-methyl/N-ethyl adjacent to an activating group) is 1. The lowest BCUT2D eigenvalue weighted by Crippen LogP contribution is -2.21. The van der Waals surface area contributed by atoms with Gasteiger partial charge in [0.2, 0.25) is 0 Å². The average Bonchev–Trinajstić information content (AvgIpc) is 2.37. The molecule has 0 atom stereocenters. The largest absolute Gasteiger partial charge is 0.422 e. The van der Waals surface area contributed by atoms with Gasteiger partial charge in [0.15, 0.2) is 5.78 Å². The van der Waals surface area contributed by atoms with Gasteiger partial charge in [-0.3, -0.25) is 4.79 Å². The molecule has 19 heavy (non-hydrogen) atoms. The molecule has 1 aromatic heterocycles. The number of rotatable bonds is 4. The highest BCUT2D eigenvalue weighted by atomic mass is 16.4. The van der Waals surface area contributed by atoms with Crippen LogP contribution in [-0.2, 0) is 0 Å². The van der Waals surface area contributed by atoms with Gasteiger partial charge in [0, 0.05) is 30.7 Å². The third-order valence-electron chi connectivity index (χ3n) is 2.98. The van der Waals surface area contributed by atoms with Gasteiger partial charge in [-0.25, -0.2) is 4.79 Å². The molecule has 0 aliphatic heterocycles. The average molecular weight is 261 g/mol. The molecule has 0 saturated carbocycles. The molecule has 0 unspecified atom stereocenters. The van der Waals surface area contributed by atoms with Crippen molar-refractivity contribution in [1.29, 1.82) is 0 Å². The van der Waals surface area contributed by atoms with E-state index < -0.39 is 5.63 Å². The van der Waals surface area contributed by atoms with Gasteiger partial charge in [-0.05, 0) is 25.1 Å². The molecule has 0 amide bonds. The summed E-state index contributed by atoms with van der Waals surface area (Å²) in [5.74, 6) is -0.308. The van der Waals surface area contributed by atoms with Crippen molar-refractivity contribution in [3.63, 3.8) is 0 Å². The fourth-order valence-electron chi connectivity index (χ4n) is 1.86. The van der Waals surface area contributed by atoms with Crippen molar-refractivity contribution in [3.8, 4) is 0 Å². The summed E-state index contributed by atoms with van der Waals surface area (Å²) in [5.41, 5.74) is 0.698. The first-order valence-electron chi connectivity index (χ1n) is 5.94. The number of hydrogen-bond donors (Lipinski definition) is 1. The van der Waals surface area contributed by atoms with Crippen molar-refractivity contribution in [2.75, 3.05) is 25.1 Å². The van der Waals surface area contributed by atoms with E-state index in [1.807, 2.05) is 18.0 Å².